The van der Waals surface area contributed by atoms with E-state index in [1.165, 1.54) is 25.0 Å². The second-order valence-corrected chi connectivity index (χ2v) is 7.18. The number of hydrogen-bond donors (Lipinski definition) is 1. The molecule has 1 aromatic carbocycles. The standard InChI is InChI=1S/C14H16F3N2OS/c15-14(16,17)21(20)19-12-3-1-10(2-4-12)5-11-6-13(7-11)8-18-9-13/h1-4,11,18H,5-9H2/q-1. The summed E-state index contributed by atoms with van der Waals surface area (Å²) in [6, 6.07) is 6.55. The number of nitrogens with one attached hydrogen (secondary N) is 1. The molecule has 1 saturated heterocycles. The van der Waals surface area contributed by atoms with Gasteiger partial charge in [-0.1, -0.05) is 22.7 Å². The van der Waals surface area contributed by atoms with Gasteiger partial charge in [0.25, 0.3) is 0 Å². The molecule has 1 saturated carbocycles. The van der Waals surface area contributed by atoms with Gasteiger partial charge >= 0.3 is 5.51 Å². The third kappa shape index (κ3) is 3.23. The summed E-state index contributed by atoms with van der Waals surface area (Å²) in [4.78, 5) is 0. The highest BCUT2D eigenvalue weighted by Crippen LogP contribution is 2.49. The average molecular weight is 317 g/mol. The third-order valence-electron chi connectivity index (χ3n) is 4.29. The Kier molecular flexibility index (Phi) is 3.73. The van der Waals surface area contributed by atoms with Crippen LogP contribution in [-0.4, -0.2) is 18.6 Å². The van der Waals surface area contributed by atoms with Crippen LogP contribution in [0.4, 0.5) is 18.9 Å². The quantitative estimate of drug-likeness (QED) is 0.867. The van der Waals surface area contributed by atoms with Gasteiger partial charge in [0, 0.05) is 18.8 Å². The molecule has 0 radical (unpaired) electrons. The molecule has 0 amide bonds. The number of rotatable bonds is 3. The first-order valence-electron chi connectivity index (χ1n) is 6.86. The normalized spacial score (nSPS) is 22.8. The SMILES string of the molecule is O=[S-](=Nc1ccc(CC2CC3(CNC3)C2)cc1)C(F)(F)F. The van der Waals surface area contributed by atoms with Crippen LogP contribution >= 0.6 is 0 Å². The van der Waals surface area contributed by atoms with Gasteiger partial charge in [0.2, 0.25) is 0 Å². The minimum absolute atomic E-state index is 0.0997. The van der Waals surface area contributed by atoms with Crippen LogP contribution < -0.4 is 5.32 Å². The molecule has 0 bridgehead atoms. The van der Waals surface area contributed by atoms with Crippen molar-refractivity contribution in [2.75, 3.05) is 13.1 Å². The topological polar surface area (TPSA) is 41.5 Å². The van der Waals surface area contributed by atoms with Crippen molar-refractivity contribution in [1.29, 1.82) is 0 Å². The van der Waals surface area contributed by atoms with Gasteiger partial charge in [-0.3, -0.25) is 0 Å². The number of nitrogens with zero attached hydrogens (tertiary/aromatic N) is 1. The Morgan fingerprint density at radius 1 is 1.24 bits per heavy atom. The zero-order chi connectivity index (χ0) is 15.1. The van der Waals surface area contributed by atoms with Crippen LogP contribution in [-0.2, 0) is 21.2 Å². The molecule has 0 unspecified atom stereocenters. The van der Waals surface area contributed by atoms with E-state index in [2.05, 4.69) is 9.68 Å². The van der Waals surface area contributed by atoms with E-state index in [4.69, 9.17) is 0 Å². The van der Waals surface area contributed by atoms with Gasteiger partial charge in [0.15, 0.2) is 0 Å². The van der Waals surface area contributed by atoms with Crippen LogP contribution in [0.5, 0.6) is 0 Å². The summed E-state index contributed by atoms with van der Waals surface area (Å²) in [5, 5.41) is 3.29. The molecule has 1 heterocycles. The van der Waals surface area contributed by atoms with E-state index in [1.54, 1.807) is 12.1 Å². The molecule has 2 aliphatic rings. The zero-order valence-corrected chi connectivity index (χ0v) is 12.1. The molecule has 1 aromatic rings. The molecule has 0 atom stereocenters. The highest BCUT2D eigenvalue weighted by molar-refractivity contribution is 7.75. The van der Waals surface area contributed by atoms with Crippen molar-refractivity contribution in [3.05, 3.63) is 29.8 Å². The Balaban J connectivity index is 1.58. The molecule has 3 rings (SSSR count). The second-order valence-electron chi connectivity index (χ2n) is 6.03. The lowest BCUT2D eigenvalue weighted by Crippen LogP contribution is -2.60. The van der Waals surface area contributed by atoms with Crippen molar-refractivity contribution in [1.82, 2.24) is 5.32 Å². The van der Waals surface area contributed by atoms with Gasteiger partial charge < -0.3 is 13.9 Å². The van der Waals surface area contributed by atoms with Crippen LogP contribution in [0.2, 0.25) is 0 Å². The van der Waals surface area contributed by atoms with Crippen molar-refractivity contribution in [3.8, 4) is 0 Å². The monoisotopic (exact) mass is 317 g/mol. The molecule has 116 valence electrons. The van der Waals surface area contributed by atoms with E-state index in [-0.39, 0.29) is 5.69 Å². The Hall–Kier alpha value is -1.08. The van der Waals surface area contributed by atoms with Crippen molar-refractivity contribution in [3.63, 3.8) is 0 Å². The first-order chi connectivity index (χ1) is 9.86. The van der Waals surface area contributed by atoms with Gasteiger partial charge in [-0.25, -0.2) is 0 Å². The van der Waals surface area contributed by atoms with E-state index in [0.717, 1.165) is 25.1 Å². The van der Waals surface area contributed by atoms with Crippen molar-refractivity contribution in [2.24, 2.45) is 15.7 Å². The van der Waals surface area contributed by atoms with E-state index in [9.17, 15) is 17.4 Å². The molecule has 1 aliphatic heterocycles. The Bertz CT molecular complexity index is 594. The fourth-order valence-corrected chi connectivity index (χ4v) is 3.67. The maximum Gasteiger partial charge on any atom is 0.357 e. The second kappa shape index (κ2) is 5.28. The van der Waals surface area contributed by atoms with Gasteiger partial charge in [-0.05, 0) is 48.3 Å². The van der Waals surface area contributed by atoms with Gasteiger partial charge in [-0.2, -0.15) is 13.2 Å². The minimum Gasteiger partial charge on any atom is -0.436 e. The lowest BCUT2D eigenvalue weighted by Gasteiger charge is -2.54. The van der Waals surface area contributed by atoms with Gasteiger partial charge in [0.1, 0.15) is 0 Å². The molecule has 21 heavy (non-hydrogen) atoms. The predicted octanol–water partition coefficient (Wildman–Crippen LogP) is 3.53. The third-order valence-corrected chi connectivity index (χ3v) is 5.06. The summed E-state index contributed by atoms with van der Waals surface area (Å²) >= 11 is 0. The fraction of sp³-hybridized carbons (Fsp3) is 0.571. The molecule has 0 aromatic heterocycles. The maximum atomic E-state index is 12.2. The number of alkyl halides is 3. The largest absolute Gasteiger partial charge is 0.436 e. The average Bonchev–Trinajstić information content (AvgIpc) is 2.31. The van der Waals surface area contributed by atoms with Crippen molar-refractivity contribution in [2.45, 2.75) is 24.8 Å². The Labute approximate surface area is 123 Å². The lowest BCUT2D eigenvalue weighted by molar-refractivity contribution is -0.0375. The summed E-state index contributed by atoms with van der Waals surface area (Å²) in [7, 11) is -3.18. The lowest BCUT2D eigenvalue weighted by atomic mass is 9.57. The highest BCUT2D eigenvalue weighted by atomic mass is 32.2. The summed E-state index contributed by atoms with van der Waals surface area (Å²) in [5.41, 5.74) is -3.07. The maximum absolute atomic E-state index is 12.2. The van der Waals surface area contributed by atoms with E-state index < -0.39 is 16.1 Å². The zero-order valence-electron chi connectivity index (χ0n) is 11.3. The van der Waals surface area contributed by atoms with Gasteiger partial charge in [0.05, 0.1) is 0 Å². The summed E-state index contributed by atoms with van der Waals surface area (Å²) < 4.78 is 50.5. The summed E-state index contributed by atoms with van der Waals surface area (Å²) in [6.07, 6.45) is 3.40. The van der Waals surface area contributed by atoms with Crippen molar-refractivity contribution >= 4 is 16.3 Å². The van der Waals surface area contributed by atoms with E-state index >= 15 is 0 Å². The molecule has 1 N–H and O–H groups in total. The number of halogens is 3. The first kappa shape index (κ1) is 14.8. The Morgan fingerprint density at radius 2 is 1.86 bits per heavy atom. The Morgan fingerprint density at radius 3 is 2.33 bits per heavy atom. The highest BCUT2D eigenvalue weighted by Gasteiger charge is 2.47. The van der Waals surface area contributed by atoms with Crippen LogP contribution in [0.25, 0.3) is 0 Å². The molecule has 1 spiro atoms. The van der Waals surface area contributed by atoms with Crippen LogP contribution in [0.3, 0.4) is 0 Å². The number of benzene rings is 1. The minimum atomic E-state index is -4.80. The number of hydrogen-bond acceptors (Lipinski definition) is 4. The van der Waals surface area contributed by atoms with Crippen LogP contribution in [0, 0.1) is 11.3 Å². The molecule has 2 fully saturated rings. The summed E-state index contributed by atoms with van der Waals surface area (Å²) in [6.45, 7) is 2.23. The van der Waals surface area contributed by atoms with Crippen LogP contribution in [0.15, 0.2) is 28.6 Å². The van der Waals surface area contributed by atoms with E-state index in [1.807, 2.05) is 0 Å². The fourth-order valence-electron chi connectivity index (χ4n) is 3.25. The summed E-state index contributed by atoms with van der Waals surface area (Å²) in [5.74, 6) is 0.666. The smallest absolute Gasteiger partial charge is 0.357 e. The first-order valence-corrected chi connectivity index (χ1v) is 7.97. The van der Waals surface area contributed by atoms with E-state index in [0.29, 0.717) is 11.3 Å². The molecule has 1 aliphatic carbocycles. The van der Waals surface area contributed by atoms with Crippen LogP contribution in [0.1, 0.15) is 18.4 Å². The van der Waals surface area contributed by atoms with Gasteiger partial charge in [-0.15, -0.1) is 0 Å². The predicted molar refractivity (Wildman–Crippen MR) is 74.4 cm³/mol. The molecular formula is C14H16F3N2OS-. The molecule has 3 nitrogen and oxygen atoms in total. The van der Waals surface area contributed by atoms with Crippen molar-refractivity contribution < 1.29 is 17.4 Å². The molecular weight excluding hydrogens is 301 g/mol. The molecule has 7 heteroatoms.